The first-order chi connectivity index (χ1) is 14.2. The SMILES string of the molecule is COc1ccc(CC(=O)Nc2ccnn2-c2cc(C(C)(C)C)ccc2C)c(OC)c1. The number of anilines is 1. The van der Waals surface area contributed by atoms with Gasteiger partial charge in [-0.05, 0) is 35.6 Å². The summed E-state index contributed by atoms with van der Waals surface area (Å²) in [5.74, 6) is 1.78. The highest BCUT2D eigenvalue weighted by Crippen LogP contribution is 2.28. The van der Waals surface area contributed by atoms with Gasteiger partial charge in [0.25, 0.3) is 0 Å². The molecule has 3 aromatic rings. The van der Waals surface area contributed by atoms with Gasteiger partial charge in [0, 0.05) is 17.7 Å². The summed E-state index contributed by atoms with van der Waals surface area (Å²) in [5, 5.41) is 7.43. The third kappa shape index (κ3) is 4.64. The van der Waals surface area contributed by atoms with Crippen LogP contribution in [0.15, 0.2) is 48.7 Å². The third-order valence-corrected chi connectivity index (χ3v) is 5.06. The largest absolute Gasteiger partial charge is 0.497 e. The molecule has 0 spiro atoms. The summed E-state index contributed by atoms with van der Waals surface area (Å²) < 4.78 is 12.4. The van der Waals surface area contributed by atoms with Gasteiger partial charge >= 0.3 is 0 Å². The fourth-order valence-corrected chi connectivity index (χ4v) is 3.25. The molecule has 30 heavy (non-hydrogen) atoms. The molecular weight excluding hydrogens is 378 g/mol. The van der Waals surface area contributed by atoms with Crippen LogP contribution < -0.4 is 14.8 Å². The van der Waals surface area contributed by atoms with Crippen LogP contribution >= 0.6 is 0 Å². The number of ether oxygens (including phenoxy) is 2. The molecule has 0 fully saturated rings. The Morgan fingerprint density at radius 2 is 1.83 bits per heavy atom. The molecule has 6 nitrogen and oxygen atoms in total. The number of hydrogen-bond donors (Lipinski definition) is 1. The molecule has 2 aromatic carbocycles. The minimum Gasteiger partial charge on any atom is -0.497 e. The summed E-state index contributed by atoms with van der Waals surface area (Å²) in [6, 6.07) is 13.6. The van der Waals surface area contributed by atoms with Crippen LogP contribution in [-0.4, -0.2) is 29.9 Å². The molecule has 1 heterocycles. The molecule has 0 radical (unpaired) electrons. The van der Waals surface area contributed by atoms with Crippen LogP contribution in [0.1, 0.15) is 37.5 Å². The molecule has 0 aliphatic carbocycles. The molecule has 158 valence electrons. The minimum absolute atomic E-state index is 0.0178. The predicted octanol–water partition coefficient (Wildman–Crippen LogP) is 4.68. The van der Waals surface area contributed by atoms with Crippen molar-refractivity contribution in [2.24, 2.45) is 0 Å². The van der Waals surface area contributed by atoms with Crippen molar-refractivity contribution in [3.63, 3.8) is 0 Å². The van der Waals surface area contributed by atoms with Crippen molar-refractivity contribution >= 4 is 11.7 Å². The number of rotatable bonds is 6. The molecule has 3 rings (SSSR count). The zero-order chi connectivity index (χ0) is 21.9. The summed E-state index contributed by atoms with van der Waals surface area (Å²) in [5.41, 5.74) is 4.04. The van der Waals surface area contributed by atoms with E-state index in [4.69, 9.17) is 9.47 Å². The van der Waals surface area contributed by atoms with Crippen molar-refractivity contribution < 1.29 is 14.3 Å². The van der Waals surface area contributed by atoms with Crippen LogP contribution in [0.4, 0.5) is 5.82 Å². The van der Waals surface area contributed by atoms with E-state index in [1.165, 1.54) is 5.56 Å². The molecule has 1 N–H and O–H groups in total. The average molecular weight is 408 g/mol. The summed E-state index contributed by atoms with van der Waals surface area (Å²) in [6.45, 7) is 8.57. The second kappa shape index (κ2) is 8.61. The predicted molar refractivity (Wildman–Crippen MR) is 119 cm³/mol. The Balaban J connectivity index is 1.84. The first-order valence-corrected chi connectivity index (χ1v) is 9.89. The van der Waals surface area contributed by atoms with Crippen molar-refractivity contribution in [3.8, 4) is 17.2 Å². The monoisotopic (exact) mass is 407 g/mol. The molecule has 0 unspecified atom stereocenters. The Labute approximate surface area is 177 Å². The van der Waals surface area contributed by atoms with Crippen molar-refractivity contribution in [1.29, 1.82) is 0 Å². The molecule has 0 atom stereocenters. The van der Waals surface area contributed by atoms with E-state index in [1.807, 2.05) is 19.1 Å². The smallest absolute Gasteiger partial charge is 0.230 e. The van der Waals surface area contributed by atoms with Crippen LogP contribution in [-0.2, 0) is 16.6 Å². The molecule has 0 aliphatic heterocycles. The number of carbonyl (C=O) groups excluding carboxylic acids is 1. The van der Waals surface area contributed by atoms with E-state index < -0.39 is 0 Å². The van der Waals surface area contributed by atoms with Crippen LogP contribution in [0.25, 0.3) is 5.69 Å². The van der Waals surface area contributed by atoms with Crippen molar-refractivity contribution in [3.05, 3.63) is 65.4 Å². The van der Waals surface area contributed by atoms with Gasteiger partial charge in [-0.1, -0.05) is 39.0 Å². The molecule has 1 aromatic heterocycles. The van der Waals surface area contributed by atoms with Crippen molar-refractivity contribution in [2.75, 3.05) is 19.5 Å². The Kier molecular flexibility index (Phi) is 6.15. The zero-order valence-corrected chi connectivity index (χ0v) is 18.4. The van der Waals surface area contributed by atoms with Crippen LogP contribution in [0.3, 0.4) is 0 Å². The van der Waals surface area contributed by atoms with Gasteiger partial charge in [-0.3, -0.25) is 4.79 Å². The number of nitrogens with zero attached hydrogens (tertiary/aromatic N) is 2. The first kappa shape index (κ1) is 21.4. The first-order valence-electron chi connectivity index (χ1n) is 9.89. The number of hydrogen-bond acceptors (Lipinski definition) is 4. The second-order valence-electron chi connectivity index (χ2n) is 8.28. The zero-order valence-electron chi connectivity index (χ0n) is 18.4. The van der Waals surface area contributed by atoms with Crippen molar-refractivity contribution in [2.45, 2.75) is 39.5 Å². The van der Waals surface area contributed by atoms with Gasteiger partial charge < -0.3 is 14.8 Å². The summed E-state index contributed by atoms with van der Waals surface area (Å²) in [7, 11) is 3.18. The standard InChI is InChI=1S/C24H29N3O3/c1-16-7-9-18(24(2,3)4)14-20(16)27-22(11-12-25-27)26-23(28)13-17-8-10-19(29-5)15-21(17)30-6/h7-12,14-15H,13H2,1-6H3,(H,26,28). The van der Waals surface area contributed by atoms with E-state index in [1.54, 1.807) is 37.2 Å². The van der Waals surface area contributed by atoms with Gasteiger partial charge in [-0.25, -0.2) is 4.68 Å². The van der Waals surface area contributed by atoms with Crippen LogP contribution in [0.5, 0.6) is 11.5 Å². The number of aromatic nitrogens is 2. The van der Waals surface area contributed by atoms with Crippen LogP contribution in [0.2, 0.25) is 0 Å². The van der Waals surface area contributed by atoms with E-state index in [9.17, 15) is 4.79 Å². The Morgan fingerprint density at radius 1 is 1.07 bits per heavy atom. The van der Waals surface area contributed by atoms with Gasteiger partial charge in [0.05, 0.1) is 32.5 Å². The summed E-state index contributed by atoms with van der Waals surface area (Å²) in [4.78, 5) is 12.8. The highest BCUT2D eigenvalue weighted by atomic mass is 16.5. The lowest BCUT2D eigenvalue weighted by Crippen LogP contribution is -2.18. The fourth-order valence-electron chi connectivity index (χ4n) is 3.25. The lowest BCUT2D eigenvalue weighted by Gasteiger charge is -2.21. The van der Waals surface area contributed by atoms with E-state index in [0.29, 0.717) is 17.3 Å². The number of benzene rings is 2. The van der Waals surface area contributed by atoms with Gasteiger partial charge in [-0.2, -0.15) is 5.10 Å². The average Bonchev–Trinajstić information content (AvgIpc) is 3.15. The van der Waals surface area contributed by atoms with E-state index in [2.05, 4.69) is 49.4 Å². The minimum atomic E-state index is -0.148. The highest BCUT2D eigenvalue weighted by molar-refractivity contribution is 5.92. The lowest BCUT2D eigenvalue weighted by atomic mass is 9.86. The number of nitrogens with one attached hydrogen (secondary N) is 1. The van der Waals surface area contributed by atoms with Gasteiger partial charge in [0.15, 0.2) is 0 Å². The molecule has 1 amide bonds. The molecule has 0 bridgehead atoms. The second-order valence-corrected chi connectivity index (χ2v) is 8.28. The number of methoxy groups -OCH3 is 2. The Morgan fingerprint density at radius 3 is 2.50 bits per heavy atom. The summed E-state index contributed by atoms with van der Waals surface area (Å²) in [6.07, 6.45) is 1.87. The quantitative estimate of drug-likeness (QED) is 0.645. The molecule has 0 aliphatic rings. The summed E-state index contributed by atoms with van der Waals surface area (Å²) >= 11 is 0. The highest BCUT2D eigenvalue weighted by Gasteiger charge is 2.18. The fraction of sp³-hybridized carbons (Fsp3) is 0.333. The van der Waals surface area contributed by atoms with Gasteiger partial charge in [0.1, 0.15) is 17.3 Å². The normalized spacial score (nSPS) is 11.3. The van der Waals surface area contributed by atoms with E-state index >= 15 is 0 Å². The van der Waals surface area contributed by atoms with Gasteiger partial charge in [0.2, 0.25) is 5.91 Å². The molecular formula is C24H29N3O3. The maximum atomic E-state index is 12.8. The number of aryl methyl sites for hydroxylation is 1. The maximum Gasteiger partial charge on any atom is 0.230 e. The Bertz CT molecular complexity index is 1050. The third-order valence-electron chi connectivity index (χ3n) is 5.06. The number of amides is 1. The molecule has 0 saturated heterocycles. The van der Waals surface area contributed by atoms with E-state index in [0.717, 1.165) is 16.8 Å². The topological polar surface area (TPSA) is 65.4 Å². The van der Waals surface area contributed by atoms with Gasteiger partial charge in [-0.15, -0.1) is 0 Å². The molecule has 6 heteroatoms. The van der Waals surface area contributed by atoms with Crippen molar-refractivity contribution in [1.82, 2.24) is 9.78 Å². The Hall–Kier alpha value is -3.28. The lowest BCUT2D eigenvalue weighted by molar-refractivity contribution is -0.115. The number of carbonyl (C=O) groups is 1. The van der Waals surface area contributed by atoms with E-state index in [-0.39, 0.29) is 17.7 Å². The maximum absolute atomic E-state index is 12.8. The van der Waals surface area contributed by atoms with Crippen LogP contribution in [0, 0.1) is 6.92 Å². The molecule has 0 saturated carbocycles.